The zero-order chi connectivity index (χ0) is 17.9. The van der Waals surface area contributed by atoms with Crippen LogP contribution in [0.5, 0.6) is 11.5 Å². The summed E-state index contributed by atoms with van der Waals surface area (Å²) < 4.78 is 16.6. The normalized spacial score (nSPS) is 12.0. The summed E-state index contributed by atoms with van der Waals surface area (Å²) in [7, 11) is 0. The first-order chi connectivity index (χ1) is 12.2. The maximum absolute atomic E-state index is 8.63. The third-order valence-corrected chi connectivity index (χ3v) is 4.01. The number of hydrogen-bond donors (Lipinski definition) is 1. The van der Waals surface area contributed by atoms with E-state index in [1.165, 1.54) is 0 Å². The number of benzene rings is 2. The average Bonchev–Trinajstić information content (AvgIpc) is 2.67. The number of hydrogen-bond acceptors (Lipinski definition) is 4. The summed E-state index contributed by atoms with van der Waals surface area (Å²) in [5.74, 6) is 2.29. The number of rotatable bonds is 11. The van der Waals surface area contributed by atoms with Crippen LogP contribution >= 0.6 is 0 Å². The smallest absolute Gasteiger partial charge is 0.119 e. The van der Waals surface area contributed by atoms with Crippen molar-refractivity contribution in [2.24, 2.45) is 5.92 Å². The van der Waals surface area contributed by atoms with Crippen LogP contribution in [0.3, 0.4) is 0 Å². The Labute approximate surface area is 150 Å². The van der Waals surface area contributed by atoms with Gasteiger partial charge in [0.15, 0.2) is 0 Å². The molecule has 0 bridgehead atoms. The van der Waals surface area contributed by atoms with Gasteiger partial charge in [-0.3, -0.25) is 0 Å². The van der Waals surface area contributed by atoms with E-state index in [0.29, 0.717) is 25.7 Å². The van der Waals surface area contributed by atoms with Gasteiger partial charge in [0.1, 0.15) is 18.1 Å². The SMILES string of the molecule is CC[C@@H](C)COc1ccc(-c2ccc(OCCOCCO)cc2)cc1. The van der Waals surface area contributed by atoms with E-state index in [0.717, 1.165) is 35.7 Å². The zero-order valence-corrected chi connectivity index (χ0v) is 15.1. The lowest BCUT2D eigenvalue weighted by molar-refractivity contribution is 0.0705. The molecule has 0 aliphatic heterocycles. The lowest BCUT2D eigenvalue weighted by Gasteiger charge is -2.11. The maximum Gasteiger partial charge on any atom is 0.119 e. The summed E-state index contributed by atoms with van der Waals surface area (Å²) in [5.41, 5.74) is 2.28. The fourth-order valence-electron chi connectivity index (χ4n) is 2.23. The van der Waals surface area contributed by atoms with Crippen LogP contribution in [0.15, 0.2) is 48.5 Å². The van der Waals surface area contributed by atoms with Crippen LogP contribution in [0.1, 0.15) is 20.3 Å². The molecule has 25 heavy (non-hydrogen) atoms. The molecule has 0 spiro atoms. The van der Waals surface area contributed by atoms with E-state index in [-0.39, 0.29) is 6.61 Å². The standard InChI is InChI=1S/C21H28O4/c1-3-17(2)16-25-21-10-6-19(7-11-21)18-4-8-20(9-5-18)24-15-14-23-13-12-22/h4-11,17,22H,3,12-16H2,1-2H3/t17-/m1/s1. The summed E-state index contributed by atoms with van der Waals surface area (Å²) >= 11 is 0. The highest BCUT2D eigenvalue weighted by Gasteiger charge is 2.02. The molecule has 2 rings (SSSR count). The van der Waals surface area contributed by atoms with Gasteiger partial charge >= 0.3 is 0 Å². The monoisotopic (exact) mass is 344 g/mol. The number of ether oxygens (including phenoxy) is 3. The molecule has 0 fully saturated rings. The van der Waals surface area contributed by atoms with Gasteiger partial charge < -0.3 is 19.3 Å². The Balaban J connectivity index is 1.84. The van der Waals surface area contributed by atoms with E-state index < -0.39 is 0 Å². The summed E-state index contributed by atoms with van der Waals surface area (Å²) in [6.07, 6.45) is 1.13. The predicted octanol–water partition coefficient (Wildman–Crippen LogP) is 4.17. The van der Waals surface area contributed by atoms with Crippen molar-refractivity contribution in [3.63, 3.8) is 0 Å². The largest absolute Gasteiger partial charge is 0.493 e. The van der Waals surface area contributed by atoms with Crippen LogP contribution in [-0.2, 0) is 4.74 Å². The molecule has 2 aromatic rings. The highest BCUT2D eigenvalue weighted by atomic mass is 16.5. The maximum atomic E-state index is 8.63. The predicted molar refractivity (Wildman–Crippen MR) is 100 cm³/mol. The lowest BCUT2D eigenvalue weighted by atomic mass is 10.1. The second-order valence-corrected chi connectivity index (χ2v) is 6.06. The Bertz CT molecular complexity index is 592. The molecular weight excluding hydrogens is 316 g/mol. The molecule has 0 unspecified atom stereocenters. The molecule has 1 atom stereocenters. The summed E-state index contributed by atoms with van der Waals surface area (Å²) in [4.78, 5) is 0. The van der Waals surface area contributed by atoms with E-state index in [1.54, 1.807) is 0 Å². The van der Waals surface area contributed by atoms with Crippen LogP contribution in [0, 0.1) is 5.92 Å². The average molecular weight is 344 g/mol. The molecule has 136 valence electrons. The van der Waals surface area contributed by atoms with Gasteiger partial charge in [0.05, 0.1) is 26.4 Å². The lowest BCUT2D eigenvalue weighted by Crippen LogP contribution is -2.08. The Kier molecular flexibility index (Phi) is 8.29. The van der Waals surface area contributed by atoms with Gasteiger partial charge in [-0.1, -0.05) is 44.5 Å². The van der Waals surface area contributed by atoms with Gasteiger partial charge in [0.2, 0.25) is 0 Å². The van der Waals surface area contributed by atoms with Gasteiger partial charge in [0.25, 0.3) is 0 Å². The molecule has 0 radical (unpaired) electrons. The highest BCUT2D eigenvalue weighted by molar-refractivity contribution is 5.64. The van der Waals surface area contributed by atoms with Gasteiger partial charge in [-0.15, -0.1) is 0 Å². The highest BCUT2D eigenvalue weighted by Crippen LogP contribution is 2.25. The van der Waals surface area contributed by atoms with E-state index in [9.17, 15) is 0 Å². The fourth-order valence-corrected chi connectivity index (χ4v) is 2.23. The summed E-state index contributed by atoms with van der Waals surface area (Å²) in [6.45, 7) is 6.45. The Morgan fingerprint density at radius 1 is 0.800 bits per heavy atom. The second kappa shape index (κ2) is 10.7. The molecule has 4 nitrogen and oxygen atoms in total. The van der Waals surface area contributed by atoms with Crippen LogP contribution in [0.2, 0.25) is 0 Å². The van der Waals surface area contributed by atoms with Crippen molar-refractivity contribution < 1.29 is 19.3 Å². The van der Waals surface area contributed by atoms with Crippen molar-refractivity contribution in [2.45, 2.75) is 20.3 Å². The van der Waals surface area contributed by atoms with Crippen LogP contribution in [0.4, 0.5) is 0 Å². The minimum absolute atomic E-state index is 0.0379. The molecule has 0 aromatic heterocycles. The molecule has 0 amide bonds. The first-order valence-electron chi connectivity index (χ1n) is 8.87. The van der Waals surface area contributed by atoms with E-state index in [2.05, 4.69) is 26.0 Å². The van der Waals surface area contributed by atoms with E-state index in [1.807, 2.05) is 36.4 Å². The van der Waals surface area contributed by atoms with Crippen LogP contribution in [-0.4, -0.2) is 38.1 Å². The van der Waals surface area contributed by atoms with Gasteiger partial charge in [-0.2, -0.15) is 0 Å². The Morgan fingerprint density at radius 3 is 1.88 bits per heavy atom. The molecule has 1 N–H and O–H groups in total. The number of aliphatic hydroxyl groups is 1. The zero-order valence-electron chi connectivity index (χ0n) is 15.1. The van der Waals surface area contributed by atoms with Crippen molar-refractivity contribution in [3.8, 4) is 22.6 Å². The number of aliphatic hydroxyl groups excluding tert-OH is 1. The quantitative estimate of drug-likeness (QED) is 0.622. The molecule has 0 saturated heterocycles. The van der Waals surface area contributed by atoms with Crippen molar-refractivity contribution in [1.82, 2.24) is 0 Å². The molecule has 0 heterocycles. The molecule has 0 aliphatic rings. The fraction of sp³-hybridized carbons (Fsp3) is 0.429. The third kappa shape index (κ3) is 6.77. The topological polar surface area (TPSA) is 47.9 Å². The minimum Gasteiger partial charge on any atom is -0.493 e. The van der Waals surface area contributed by atoms with Gasteiger partial charge in [-0.25, -0.2) is 0 Å². The van der Waals surface area contributed by atoms with Crippen molar-refractivity contribution in [1.29, 1.82) is 0 Å². The molecule has 0 saturated carbocycles. The first-order valence-corrected chi connectivity index (χ1v) is 8.87. The van der Waals surface area contributed by atoms with Gasteiger partial charge in [-0.05, 0) is 41.3 Å². The second-order valence-electron chi connectivity index (χ2n) is 6.06. The molecule has 2 aromatic carbocycles. The van der Waals surface area contributed by atoms with Crippen molar-refractivity contribution in [3.05, 3.63) is 48.5 Å². The molecule has 0 aliphatic carbocycles. The summed E-state index contributed by atoms with van der Waals surface area (Å²) in [5, 5.41) is 8.63. The van der Waals surface area contributed by atoms with Crippen LogP contribution in [0.25, 0.3) is 11.1 Å². The van der Waals surface area contributed by atoms with E-state index in [4.69, 9.17) is 19.3 Å². The molecule has 4 heteroatoms. The third-order valence-electron chi connectivity index (χ3n) is 4.01. The molecular formula is C21H28O4. The van der Waals surface area contributed by atoms with E-state index >= 15 is 0 Å². The summed E-state index contributed by atoms with van der Waals surface area (Å²) in [6, 6.07) is 16.2. The van der Waals surface area contributed by atoms with Crippen molar-refractivity contribution >= 4 is 0 Å². The van der Waals surface area contributed by atoms with Crippen molar-refractivity contribution in [2.75, 3.05) is 33.0 Å². The first kappa shape index (κ1) is 19.3. The Morgan fingerprint density at radius 2 is 1.36 bits per heavy atom. The van der Waals surface area contributed by atoms with Gasteiger partial charge in [0, 0.05) is 0 Å². The Hall–Kier alpha value is -2.04. The van der Waals surface area contributed by atoms with Crippen LogP contribution < -0.4 is 9.47 Å². The minimum atomic E-state index is 0.0379.